The molecule has 1 rings (SSSR count). The predicted molar refractivity (Wildman–Crippen MR) is 56.8 cm³/mol. The Kier molecular flexibility index (Phi) is 4.39. The smallest absolute Gasteiger partial charge is 0.319 e. The lowest BCUT2D eigenvalue weighted by atomic mass is 10.2. The van der Waals surface area contributed by atoms with Crippen LogP contribution in [0.25, 0.3) is 0 Å². The second kappa shape index (κ2) is 5.58. The molecule has 2 N–H and O–H groups in total. The van der Waals surface area contributed by atoms with E-state index in [1.165, 1.54) is 13.2 Å². The molecule has 1 aromatic carbocycles. The van der Waals surface area contributed by atoms with Gasteiger partial charge in [0, 0.05) is 17.1 Å². The molecule has 0 atom stereocenters. The normalized spacial score (nSPS) is 10.0. The maximum absolute atomic E-state index is 10.8. The maximum Gasteiger partial charge on any atom is 0.319 e. The zero-order valence-electron chi connectivity index (χ0n) is 8.29. The Morgan fingerprint density at radius 1 is 1.60 bits per heavy atom. The number of methoxy groups -OCH3 is 1. The van der Waals surface area contributed by atoms with Gasteiger partial charge >= 0.3 is 5.97 Å². The van der Waals surface area contributed by atoms with Crippen molar-refractivity contribution >= 4 is 17.6 Å². The number of hydrogen-bond donors (Lipinski definition) is 2. The van der Waals surface area contributed by atoms with Crippen molar-refractivity contribution in [2.24, 2.45) is 0 Å². The Bertz CT molecular complexity index is 355. The maximum atomic E-state index is 10.8. The van der Waals surface area contributed by atoms with Gasteiger partial charge in [0.05, 0.1) is 13.7 Å². The fourth-order valence-electron chi connectivity index (χ4n) is 1.07. The van der Waals surface area contributed by atoms with E-state index in [1.54, 1.807) is 12.1 Å². The van der Waals surface area contributed by atoms with Crippen LogP contribution in [-0.2, 0) is 16.1 Å². The van der Waals surface area contributed by atoms with Crippen LogP contribution in [0, 0.1) is 0 Å². The number of phenolic OH excluding ortho intramolecular Hbond substituents is 1. The molecule has 0 saturated carbocycles. The minimum absolute atomic E-state index is 0.0997. The van der Waals surface area contributed by atoms with Crippen LogP contribution in [0.5, 0.6) is 5.75 Å². The molecule has 0 aliphatic carbocycles. The molecule has 5 heteroatoms. The summed E-state index contributed by atoms with van der Waals surface area (Å²) in [6.07, 6.45) is 0. The van der Waals surface area contributed by atoms with Gasteiger partial charge in [0.2, 0.25) is 0 Å². The first-order valence-electron chi connectivity index (χ1n) is 4.38. The molecule has 0 unspecified atom stereocenters. The largest absolute Gasteiger partial charge is 0.508 e. The summed E-state index contributed by atoms with van der Waals surface area (Å²) in [5, 5.41) is 12.8. The summed E-state index contributed by atoms with van der Waals surface area (Å²) in [5.41, 5.74) is 0.645. The molecule has 0 spiro atoms. The average molecular weight is 230 g/mol. The van der Waals surface area contributed by atoms with Crippen LogP contribution in [0.15, 0.2) is 18.2 Å². The van der Waals surface area contributed by atoms with Gasteiger partial charge in [0.1, 0.15) is 5.75 Å². The monoisotopic (exact) mass is 229 g/mol. The second-order valence-corrected chi connectivity index (χ2v) is 3.39. The third kappa shape index (κ3) is 3.77. The number of ether oxygens (including phenoxy) is 1. The zero-order chi connectivity index (χ0) is 11.3. The topological polar surface area (TPSA) is 58.6 Å². The van der Waals surface area contributed by atoms with Gasteiger partial charge in [-0.25, -0.2) is 0 Å². The van der Waals surface area contributed by atoms with Crippen LogP contribution < -0.4 is 5.32 Å². The number of benzene rings is 1. The van der Waals surface area contributed by atoms with Crippen molar-refractivity contribution < 1.29 is 14.6 Å². The van der Waals surface area contributed by atoms with Crippen molar-refractivity contribution in [3.8, 4) is 5.75 Å². The van der Waals surface area contributed by atoms with Crippen LogP contribution in [0.4, 0.5) is 0 Å². The van der Waals surface area contributed by atoms with E-state index in [0.29, 0.717) is 17.1 Å². The van der Waals surface area contributed by atoms with Gasteiger partial charge in [-0.2, -0.15) is 0 Å². The highest BCUT2D eigenvalue weighted by Crippen LogP contribution is 2.20. The molecular formula is C10H12ClNO3. The van der Waals surface area contributed by atoms with Crippen molar-refractivity contribution in [3.63, 3.8) is 0 Å². The van der Waals surface area contributed by atoms with Gasteiger partial charge in [0.25, 0.3) is 0 Å². The van der Waals surface area contributed by atoms with E-state index in [-0.39, 0.29) is 18.3 Å². The predicted octanol–water partition coefficient (Wildman–Crippen LogP) is 1.31. The first kappa shape index (κ1) is 11.8. The molecule has 0 heterocycles. The molecule has 4 nitrogen and oxygen atoms in total. The van der Waals surface area contributed by atoms with Gasteiger partial charge in [-0.15, -0.1) is 0 Å². The fourth-order valence-corrected chi connectivity index (χ4v) is 1.26. The zero-order valence-corrected chi connectivity index (χ0v) is 9.04. The molecule has 0 fully saturated rings. The summed E-state index contributed by atoms with van der Waals surface area (Å²) in [4.78, 5) is 10.8. The molecule has 0 aromatic heterocycles. The van der Waals surface area contributed by atoms with E-state index in [2.05, 4.69) is 10.1 Å². The number of carbonyl (C=O) groups excluding carboxylic acids is 1. The third-order valence-electron chi connectivity index (χ3n) is 1.85. The highest BCUT2D eigenvalue weighted by molar-refractivity contribution is 6.30. The van der Waals surface area contributed by atoms with Gasteiger partial charge in [-0.05, 0) is 18.2 Å². The molecular weight excluding hydrogens is 218 g/mol. The third-order valence-corrected chi connectivity index (χ3v) is 2.09. The minimum Gasteiger partial charge on any atom is -0.508 e. The standard InChI is InChI=1S/C10H12ClNO3/c1-15-10(14)6-12-5-7-4-8(11)2-3-9(7)13/h2-4,12-13H,5-6H2,1H3. The Morgan fingerprint density at radius 2 is 2.33 bits per heavy atom. The van der Waals surface area contributed by atoms with Crippen molar-refractivity contribution in [2.45, 2.75) is 6.54 Å². The van der Waals surface area contributed by atoms with Crippen LogP contribution in [0.2, 0.25) is 5.02 Å². The summed E-state index contributed by atoms with van der Waals surface area (Å²) in [6, 6.07) is 4.75. The average Bonchev–Trinajstić information content (AvgIpc) is 2.23. The van der Waals surface area contributed by atoms with E-state index in [0.717, 1.165) is 0 Å². The van der Waals surface area contributed by atoms with Crippen LogP contribution in [-0.4, -0.2) is 24.7 Å². The Morgan fingerprint density at radius 3 is 3.00 bits per heavy atom. The Balaban J connectivity index is 2.50. The molecule has 82 valence electrons. The lowest BCUT2D eigenvalue weighted by molar-refractivity contribution is -0.139. The van der Waals surface area contributed by atoms with Gasteiger partial charge in [-0.3, -0.25) is 4.79 Å². The van der Waals surface area contributed by atoms with E-state index in [4.69, 9.17) is 11.6 Å². The molecule has 1 aromatic rings. The SMILES string of the molecule is COC(=O)CNCc1cc(Cl)ccc1O. The summed E-state index contributed by atoms with van der Waals surface area (Å²) in [7, 11) is 1.32. The highest BCUT2D eigenvalue weighted by Gasteiger charge is 2.03. The number of nitrogens with one attached hydrogen (secondary N) is 1. The Labute approximate surface area is 92.8 Å². The first-order valence-corrected chi connectivity index (χ1v) is 4.76. The minimum atomic E-state index is -0.350. The molecule has 0 amide bonds. The number of aromatic hydroxyl groups is 1. The molecule has 0 radical (unpaired) electrons. The number of carbonyl (C=O) groups is 1. The van der Waals surface area contributed by atoms with E-state index in [1.807, 2.05) is 0 Å². The van der Waals surface area contributed by atoms with E-state index >= 15 is 0 Å². The first-order chi connectivity index (χ1) is 7.13. The summed E-state index contributed by atoms with van der Waals surface area (Å²) >= 11 is 5.76. The fraction of sp³-hybridized carbons (Fsp3) is 0.300. The van der Waals surface area contributed by atoms with Crippen molar-refractivity contribution in [1.82, 2.24) is 5.32 Å². The molecule has 0 bridgehead atoms. The number of rotatable bonds is 4. The lowest BCUT2D eigenvalue weighted by Gasteiger charge is -2.06. The summed E-state index contributed by atoms with van der Waals surface area (Å²) < 4.78 is 4.45. The van der Waals surface area contributed by atoms with Crippen LogP contribution in [0.1, 0.15) is 5.56 Å². The molecule has 0 aliphatic heterocycles. The van der Waals surface area contributed by atoms with Crippen molar-refractivity contribution in [2.75, 3.05) is 13.7 Å². The van der Waals surface area contributed by atoms with Gasteiger partial charge in [0.15, 0.2) is 0 Å². The summed E-state index contributed by atoms with van der Waals surface area (Å²) in [5.74, 6) is -0.201. The van der Waals surface area contributed by atoms with Crippen molar-refractivity contribution in [1.29, 1.82) is 0 Å². The number of halogens is 1. The van der Waals surface area contributed by atoms with Gasteiger partial charge in [-0.1, -0.05) is 11.6 Å². The molecule has 0 aliphatic rings. The molecule has 0 saturated heterocycles. The van der Waals surface area contributed by atoms with E-state index < -0.39 is 0 Å². The Hall–Kier alpha value is -1.26. The van der Waals surface area contributed by atoms with Crippen LogP contribution >= 0.6 is 11.6 Å². The van der Waals surface area contributed by atoms with Gasteiger partial charge < -0.3 is 15.2 Å². The number of esters is 1. The highest BCUT2D eigenvalue weighted by atomic mass is 35.5. The summed E-state index contributed by atoms with van der Waals surface area (Å²) in [6.45, 7) is 0.462. The van der Waals surface area contributed by atoms with Crippen molar-refractivity contribution in [3.05, 3.63) is 28.8 Å². The molecule has 15 heavy (non-hydrogen) atoms. The lowest BCUT2D eigenvalue weighted by Crippen LogP contribution is -2.23. The van der Waals surface area contributed by atoms with Crippen LogP contribution in [0.3, 0.4) is 0 Å². The number of phenols is 1. The second-order valence-electron chi connectivity index (χ2n) is 2.95. The van der Waals surface area contributed by atoms with E-state index in [9.17, 15) is 9.90 Å². The number of hydrogen-bond acceptors (Lipinski definition) is 4. The quantitative estimate of drug-likeness (QED) is 0.765.